The number of hydrogen-bond donors (Lipinski definition) is 2. The predicted molar refractivity (Wildman–Crippen MR) is 80.9 cm³/mol. The number of carboxylic acid groups (broad SMARTS) is 1. The maximum absolute atomic E-state index is 12.7. The quantitative estimate of drug-likeness (QED) is 0.865. The van der Waals surface area contributed by atoms with Crippen LogP contribution in [0, 0.1) is 0 Å². The van der Waals surface area contributed by atoms with Crippen molar-refractivity contribution in [1.82, 2.24) is 19.7 Å². The number of hydrogen-bond acceptors (Lipinski definition) is 4. The number of nitrogens with zero attached hydrogens (tertiary/aromatic N) is 3. The van der Waals surface area contributed by atoms with Gasteiger partial charge in [0.25, 0.3) is 5.91 Å². The lowest BCUT2D eigenvalue weighted by molar-refractivity contribution is -0.139. The van der Waals surface area contributed by atoms with Crippen LogP contribution in [-0.4, -0.2) is 62.4 Å². The number of carboxylic acids is 1. The molecule has 0 aliphatic carbocycles. The number of aromatic nitrogens is 3. The summed E-state index contributed by atoms with van der Waals surface area (Å²) in [5, 5.41) is 15.9. The summed E-state index contributed by atoms with van der Waals surface area (Å²) in [4.78, 5) is 25.2. The molecule has 122 valence electrons. The smallest absolute Gasteiger partial charge is 0.305 e. The van der Waals surface area contributed by atoms with Crippen LogP contribution in [-0.2, 0) is 16.6 Å². The van der Waals surface area contributed by atoms with Gasteiger partial charge in [-0.2, -0.15) is 5.10 Å². The molecule has 2 aromatic heterocycles. The second-order valence-corrected chi connectivity index (χ2v) is 5.50. The number of rotatable bonds is 4. The minimum atomic E-state index is -0.951. The predicted octanol–water partition coefficient (Wildman–Crippen LogP) is 0.731. The van der Waals surface area contributed by atoms with Crippen LogP contribution in [0.5, 0.6) is 0 Å². The van der Waals surface area contributed by atoms with E-state index >= 15 is 0 Å². The fourth-order valence-corrected chi connectivity index (χ4v) is 2.74. The lowest BCUT2D eigenvalue weighted by atomic mass is 10.1. The Balaban J connectivity index is 1.80. The van der Waals surface area contributed by atoms with Crippen LogP contribution in [0.1, 0.15) is 16.9 Å². The number of ether oxygens (including phenoxy) is 1. The first-order valence-corrected chi connectivity index (χ1v) is 7.34. The maximum Gasteiger partial charge on any atom is 0.305 e. The van der Waals surface area contributed by atoms with Crippen LogP contribution in [0.4, 0.5) is 0 Å². The van der Waals surface area contributed by atoms with Crippen LogP contribution in [0.25, 0.3) is 11.4 Å². The Kier molecular flexibility index (Phi) is 4.16. The third-order valence-corrected chi connectivity index (χ3v) is 3.91. The number of morpholine rings is 1. The zero-order valence-electron chi connectivity index (χ0n) is 12.7. The number of aliphatic carboxylic acids is 1. The number of nitrogens with one attached hydrogen (secondary N) is 1. The van der Waals surface area contributed by atoms with Crippen molar-refractivity contribution in [1.29, 1.82) is 0 Å². The minimum Gasteiger partial charge on any atom is -0.481 e. The molecule has 8 nitrogen and oxygen atoms in total. The highest BCUT2D eigenvalue weighted by atomic mass is 16.5. The Labute approximate surface area is 132 Å². The molecule has 0 aromatic carbocycles. The molecule has 1 aliphatic heterocycles. The SMILES string of the molecule is Cn1cccc1-c1cc(C(=O)N2CCOC[C@H]2CC(=O)O)[nH]n1. The van der Waals surface area contributed by atoms with Gasteiger partial charge in [-0.1, -0.05) is 0 Å². The molecular formula is C15H18N4O4. The number of aryl methyl sites for hydroxylation is 1. The summed E-state index contributed by atoms with van der Waals surface area (Å²) in [6.45, 7) is 1.01. The van der Waals surface area contributed by atoms with Gasteiger partial charge in [-0.3, -0.25) is 14.7 Å². The second kappa shape index (κ2) is 6.25. The average molecular weight is 318 g/mol. The van der Waals surface area contributed by atoms with Crippen molar-refractivity contribution in [2.75, 3.05) is 19.8 Å². The van der Waals surface area contributed by atoms with E-state index in [2.05, 4.69) is 10.2 Å². The number of carbonyl (C=O) groups excluding carboxylic acids is 1. The minimum absolute atomic E-state index is 0.134. The Morgan fingerprint density at radius 3 is 3.04 bits per heavy atom. The van der Waals surface area contributed by atoms with E-state index in [0.717, 1.165) is 5.69 Å². The zero-order chi connectivity index (χ0) is 16.4. The van der Waals surface area contributed by atoms with Gasteiger partial charge in [0.15, 0.2) is 0 Å². The topological polar surface area (TPSA) is 100 Å². The fourth-order valence-electron chi connectivity index (χ4n) is 2.74. The molecule has 3 heterocycles. The lowest BCUT2D eigenvalue weighted by Gasteiger charge is -2.34. The molecule has 1 saturated heterocycles. The summed E-state index contributed by atoms with van der Waals surface area (Å²) in [7, 11) is 1.90. The van der Waals surface area contributed by atoms with Gasteiger partial charge in [0, 0.05) is 19.8 Å². The standard InChI is InChI=1S/C15H18N4O4/c1-18-4-2-3-13(18)11-8-12(17-16-11)15(22)19-5-6-23-9-10(19)7-14(20)21/h2-4,8,10H,5-7,9H2,1H3,(H,16,17)(H,20,21)/t10-/m1/s1. The van der Waals surface area contributed by atoms with Crippen molar-refractivity contribution in [2.24, 2.45) is 7.05 Å². The molecule has 2 aromatic rings. The van der Waals surface area contributed by atoms with E-state index in [9.17, 15) is 9.59 Å². The van der Waals surface area contributed by atoms with Gasteiger partial charge in [0.1, 0.15) is 11.4 Å². The zero-order valence-corrected chi connectivity index (χ0v) is 12.7. The number of amides is 1. The van der Waals surface area contributed by atoms with Gasteiger partial charge in [-0.25, -0.2) is 0 Å². The monoisotopic (exact) mass is 318 g/mol. The first-order valence-electron chi connectivity index (χ1n) is 7.34. The Morgan fingerprint density at radius 1 is 1.52 bits per heavy atom. The van der Waals surface area contributed by atoms with Crippen LogP contribution < -0.4 is 0 Å². The van der Waals surface area contributed by atoms with E-state index in [-0.39, 0.29) is 18.9 Å². The molecule has 3 rings (SSSR count). The Morgan fingerprint density at radius 2 is 2.35 bits per heavy atom. The molecule has 0 radical (unpaired) electrons. The summed E-state index contributed by atoms with van der Waals surface area (Å²) < 4.78 is 7.20. The van der Waals surface area contributed by atoms with Gasteiger partial charge in [0.2, 0.25) is 0 Å². The van der Waals surface area contributed by atoms with Crippen molar-refractivity contribution in [3.05, 3.63) is 30.1 Å². The summed E-state index contributed by atoms with van der Waals surface area (Å²) in [6.07, 6.45) is 1.76. The molecule has 2 N–H and O–H groups in total. The average Bonchev–Trinajstić information content (AvgIpc) is 3.15. The summed E-state index contributed by atoms with van der Waals surface area (Å²) >= 11 is 0. The Bertz CT molecular complexity index is 721. The number of H-pyrrole nitrogens is 1. The molecule has 0 unspecified atom stereocenters. The summed E-state index contributed by atoms with van der Waals surface area (Å²) in [6, 6.07) is 5.03. The summed E-state index contributed by atoms with van der Waals surface area (Å²) in [5.41, 5.74) is 1.91. The molecular weight excluding hydrogens is 300 g/mol. The maximum atomic E-state index is 12.7. The van der Waals surface area contributed by atoms with Crippen LogP contribution in [0.3, 0.4) is 0 Å². The van der Waals surface area contributed by atoms with Crippen molar-refractivity contribution >= 4 is 11.9 Å². The van der Waals surface area contributed by atoms with Gasteiger partial charge >= 0.3 is 5.97 Å². The van der Waals surface area contributed by atoms with Crippen molar-refractivity contribution in [3.63, 3.8) is 0 Å². The van der Waals surface area contributed by atoms with Crippen molar-refractivity contribution < 1.29 is 19.4 Å². The summed E-state index contributed by atoms with van der Waals surface area (Å²) in [5.74, 6) is -1.21. The second-order valence-electron chi connectivity index (χ2n) is 5.50. The molecule has 0 saturated carbocycles. The van der Waals surface area contributed by atoms with Gasteiger partial charge in [-0.15, -0.1) is 0 Å². The molecule has 1 amide bonds. The third-order valence-electron chi connectivity index (χ3n) is 3.91. The van der Waals surface area contributed by atoms with Crippen LogP contribution >= 0.6 is 0 Å². The van der Waals surface area contributed by atoms with E-state index < -0.39 is 12.0 Å². The molecule has 1 fully saturated rings. The van der Waals surface area contributed by atoms with Crippen molar-refractivity contribution in [3.8, 4) is 11.4 Å². The fraction of sp³-hybridized carbons (Fsp3) is 0.400. The van der Waals surface area contributed by atoms with Crippen LogP contribution in [0.15, 0.2) is 24.4 Å². The molecule has 0 bridgehead atoms. The highest BCUT2D eigenvalue weighted by molar-refractivity contribution is 5.93. The van der Waals surface area contributed by atoms with Gasteiger partial charge in [-0.05, 0) is 18.2 Å². The van der Waals surface area contributed by atoms with E-state index in [1.165, 1.54) is 0 Å². The lowest BCUT2D eigenvalue weighted by Crippen LogP contribution is -2.49. The van der Waals surface area contributed by atoms with E-state index in [0.29, 0.717) is 24.5 Å². The molecule has 8 heteroatoms. The van der Waals surface area contributed by atoms with Crippen molar-refractivity contribution in [2.45, 2.75) is 12.5 Å². The highest BCUT2D eigenvalue weighted by Gasteiger charge is 2.30. The first-order chi connectivity index (χ1) is 11.1. The van der Waals surface area contributed by atoms with Gasteiger partial charge < -0.3 is 19.3 Å². The van der Waals surface area contributed by atoms with Crippen LogP contribution in [0.2, 0.25) is 0 Å². The number of aromatic amines is 1. The molecule has 0 spiro atoms. The molecule has 23 heavy (non-hydrogen) atoms. The molecule has 1 aliphatic rings. The van der Waals surface area contributed by atoms with E-state index in [1.807, 2.05) is 29.9 Å². The Hall–Kier alpha value is -2.61. The third kappa shape index (κ3) is 3.11. The van der Waals surface area contributed by atoms with E-state index in [1.54, 1.807) is 11.0 Å². The molecule has 1 atom stereocenters. The van der Waals surface area contributed by atoms with Gasteiger partial charge in [0.05, 0.1) is 31.4 Å². The normalized spacial score (nSPS) is 18.1. The van der Waals surface area contributed by atoms with E-state index in [4.69, 9.17) is 9.84 Å². The number of carbonyl (C=O) groups is 2. The largest absolute Gasteiger partial charge is 0.481 e. The highest BCUT2D eigenvalue weighted by Crippen LogP contribution is 2.20. The first kappa shape index (κ1) is 15.3.